The van der Waals surface area contributed by atoms with Crippen LogP contribution >= 0.6 is 11.6 Å². The number of hydrogen-bond donors (Lipinski definition) is 2. The molecule has 0 radical (unpaired) electrons. The molecular weight excluding hydrogens is 358 g/mol. The van der Waals surface area contributed by atoms with Gasteiger partial charge in [-0.3, -0.25) is 0 Å². The normalized spacial score (nSPS) is 16.6. The molecule has 0 bridgehead atoms. The molecule has 3 aromatic rings. The number of aliphatic hydroxyl groups is 1. The monoisotopic (exact) mass is 375 g/mol. The third-order valence-electron chi connectivity index (χ3n) is 4.50. The Balaban J connectivity index is 1.81. The van der Waals surface area contributed by atoms with Crippen molar-refractivity contribution in [2.24, 2.45) is 0 Å². The largest absolute Gasteiger partial charge is 0.459 e. The summed E-state index contributed by atoms with van der Waals surface area (Å²) in [6.07, 6.45) is 0.227. The van der Waals surface area contributed by atoms with E-state index in [2.05, 4.69) is 5.32 Å². The van der Waals surface area contributed by atoms with Crippen molar-refractivity contribution < 1.29 is 13.7 Å². The summed E-state index contributed by atoms with van der Waals surface area (Å²) in [7, 11) is -1.38. The second-order valence-electron chi connectivity index (χ2n) is 6.23. The molecule has 1 aliphatic heterocycles. The molecular formula is C19H18ClNO3S. The van der Waals surface area contributed by atoms with Crippen molar-refractivity contribution in [2.45, 2.75) is 35.8 Å². The second-order valence-corrected chi connectivity index (χ2v) is 8.12. The van der Waals surface area contributed by atoms with E-state index in [-0.39, 0.29) is 0 Å². The van der Waals surface area contributed by atoms with Crippen LogP contribution in [0.15, 0.2) is 50.6 Å². The number of hydrogen-bond acceptors (Lipinski definition) is 4. The standard InChI is InChI=1S/C19H18ClNO3S/c1-11(22)12-3-2-4-13(7-12)25(23)14-8-15-16-10-21-6-5-18(16)24-19(15)17(20)9-14/h2-4,7-9,11,21-22H,5-6,10H2,1H3. The van der Waals surface area contributed by atoms with E-state index in [1.165, 1.54) is 0 Å². The summed E-state index contributed by atoms with van der Waals surface area (Å²) in [6.45, 7) is 3.30. The quantitative estimate of drug-likeness (QED) is 0.727. The van der Waals surface area contributed by atoms with Gasteiger partial charge in [0.2, 0.25) is 0 Å². The molecule has 2 aromatic carbocycles. The van der Waals surface area contributed by atoms with Gasteiger partial charge in [0.15, 0.2) is 5.58 Å². The molecule has 0 saturated carbocycles. The molecule has 0 saturated heterocycles. The van der Waals surface area contributed by atoms with Gasteiger partial charge >= 0.3 is 0 Å². The topological polar surface area (TPSA) is 62.5 Å². The van der Waals surface area contributed by atoms with Crippen molar-refractivity contribution in [3.63, 3.8) is 0 Å². The number of fused-ring (bicyclic) bond motifs is 3. The Morgan fingerprint density at radius 2 is 2.12 bits per heavy atom. The molecule has 0 fully saturated rings. The Labute approximate surface area is 153 Å². The van der Waals surface area contributed by atoms with Crippen molar-refractivity contribution in [3.8, 4) is 0 Å². The first-order chi connectivity index (χ1) is 12.0. The van der Waals surface area contributed by atoms with Gasteiger partial charge in [0.1, 0.15) is 5.76 Å². The highest BCUT2D eigenvalue weighted by molar-refractivity contribution is 7.85. The maximum Gasteiger partial charge on any atom is 0.153 e. The zero-order chi connectivity index (χ0) is 17.6. The summed E-state index contributed by atoms with van der Waals surface area (Å²) in [5.74, 6) is 0.953. The Kier molecular flexibility index (Phi) is 4.41. The van der Waals surface area contributed by atoms with Gasteiger partial charge < -0.3 is 14.8 Å². The van der Waals surface area contributed by atoms with Gasteiger partial charge in [-0.2, -0.15) is 0 Å². The Bertz CT molecular complexity index is 980. The molecule has 25 heavy (non-hydrogen) atoms. The van der Waals surface area contributed by atoms with E-state index in [0.717, 1.165) is 41.8 Å². The molecule has 2 unspecified atom stereocenters. The van der Waals surface area contributed by atoms with Crippen LogP contribution in [-0.2, 0) is 23.8 Å². The third-order valence-corrected chi connectivity index (χ3v) is 6.13. The lowest BCUT2D eigenvalue weighted by Gasteiger charge is -2.11. The summed E-state index contributed by atoms with van der Waals surface area (Å²) in [6, 6.07) is 10.8. The van der Waals surface area contributed by atoms with Crippen LogP contribution in [0.3, 0.4) is 0 Å². The van der Waals surface area contributed by atoms with Crippen LogP contribution in [-0.4, -0.2) is 15.9 Å². The van der Waals surface area contributed by atoms with Crippen LogP contribution in [0.25, 0.3) is 11.0 Å². The zero-order valence-electron chi connectivity index (χ0n) is 13.7. The number of aliphatic hydroxyl groups excluding tert-OH is 1. The van der Waals surface area contributed by atoms with Gasteiger partial charge in [-0.15, -0.1) is 0 Å². The van der Waals surface area contributed by atoms with Crippen molar-refractivity contribution in [1.29, 1.82) is 0 Å². The average Bonchev–Trinajstić information content (AvgIpc) is 3.00. The van der Waals surface area contributed by atoms with Crippen LogP contribution in [0, 0.1) is 0 Å². The first-order valence-electron chi connectivity index (χ1n) is 8.19. The fourth-order valence-electron chi connectivity index (χ4n) is 3.18. The molecule has 1 aromatic heterocycles. The van der Waals surface area contributed by atoms with Crippen LogP contribution in [0.1, 0.15) is 29.9 Å². The van der Waals surface area contributed by atoms with Gasteiger partial charge in [0.25, 0.3) is 0 Å². The Morgan fingerprint density at radius 3 is 2.92 bits per heavy atom. The van der Waals surface area contributed by atoms with Crippen molar-refractivity contribution in [1.82, 2.24) is 5.32 Å². The molecule has 0 aliphatic carbocycles. The summed E-state index contributed by atoms with van der Waals surface area (Å²) >= 11 is 6.41. The first kappa shape index (κ1) is 16.8. The molecule has 130 valence electrons. The maximum absolute atomic E-state index is 13.0. The number of halogens is 1. The highest BCUT2D eigenvalue weighted by Gasteiger charge is 2.21. The average molecular weight is 376 g/mol. The highest BCUT2D eigenvalue weighted by atomic mass is 35.5. The molecule has 2 heterocycles. The Morgan fingerprint density at radius 1 is 1.28 bits per heavy atom. The third kappa shape index (κ3) is 3.02. The van der Waals surface area contributed by atoms with Gasteiger partial charge in [-0.05, 0) is 36.8 Å². The Hall–Kier alpha value is -1.66. The molecule has 2 N–H and O–H groups in total. The van der Waals surface area contributed by atoms with Crippen LogP contribution < -0.4 is 5.32 Å². The minimum Gasteiger partial charge on any atom is -0.459 e. The minimum absolute atomic E-state index is 0.474. The van der Waals surface area contributed by atoms with Crippen molar-refractivity contribution >= 4 is 33.4 Å². The van der Waals surface area contributed by atoms with Gasteiger partial charge in [-0.1, -0.05) is 23.7 Å². The molecule has 0 spiro atoms. The van der Waals surface area contributed by atoms with E-state index >= 15 is 0 Å². The highest BCUT2D eigenvalue weighted by Crippen LogP contribution is 2.35. The molecule has 6 heteroatoms. The van der Waals surface area contributed by atoms with Crippen LogP contribution in [0.4, 0.5) is 0 Å². The lowest BCUT2D eigenvalue weighted by Crippen LogP contribution is -2.22. The van der Waals surface area contributed by atoms with E-state index in [0.29, 0.717) is 20.4 Å². The van der Waals surface area contributed by atoms with E-state index in [9.17, 15) is 9.32 Å². The molecule has 0 amide bonds. The SMILES string of the molecule is CC(O)c1cccc(S(=O)c2cc(Cl)c3oc4c(c3c2)CNCC4)c1. The van der Waals surface area contributed by atoms with E-state index < -0.39 is 16.9 Å². The first-order valence-corrected chi connectivity index (χ1v) is 9.71. The molecule has 4 nitrogen and oxygen atoms in total. The summed E-state index contributed by atoms with van der Waals surface area (Å²) in [5.41, 5.74) is 2.50. The summed E-state index contributed by atoms with van der Waals surface area (Å²) in [4.78, 5) is 1.28. The van der Waals surface area contributed by atoms with Gasteiger partial charge in [0, 0.05) is 40.3 Å². The predicted molar refractivity (Wildman–Crippen MR) is 98.4 cm³/mol. The molecule has 1 aliphatic rings. The van der Waals surface area contributed by atoms with Crippen molar-refractivity contribution in [2.75, 3.05) is 6.54 Å². The zero-order valence-corrected chi connectivity index (χ0v) is 15.3. The smallest absolute Gasteiger partial charge is 0.153 e. The minimum atomic E-state index is -1.38. The number of furan rings is 1. The summed E-state index contributed by atoms with van der Waals surface area (Å²) in [5, 5.41) is 14.5. The van der Waals surface area contributed by atoms with E-state index in [4.69, 9.17) is 16.0 Å². The van der Waals surface area contributed by atoms with Crippen LogP contribution in [0.5, 0.6) is 0 Å². The number of nitrogens with one attached hydrogen (secondary N) is 1. The fraction of sp³-hybridized carbons (Fsp3) is 0.263. The van der Waals surface area contributed by atoms with E-state index in [1.54, 1.807) is 31.2 Å². The van der Waals surface area contributed by atoms with Gasteiger partial charge in [-0.25, -0.2) is 4.21 Å². The maximum atomic E-state index is 13.0. The second kappa shape index (κ2) is 6.57. The van der Waals surface area contributed by atoms with Crippen LogP contribution in [0.2, 0.25) is 5.02 Å². The van der Waals surface area contributed by atoms with Crippen molar-refractivity contribution in [3.05, 3.63) is 58.3 Å². The lowest BCUT2D eigenvalue weighted by atomic mass is 10.1. The number of rotatable bonds is 3. The lowest BCUT2D eigenvalue weighted by molar-refractivity contribution is 0.199. The summed E-state index contributed by atoms with van der Waals surface area (Å²) < 4.78 is 18.9. The van der Waals surface area contributed by atoms with E-state index in [1.807, 2.05) is 12.1 Å². The number of benzene rings is 2. The van der Waals surface area contributed by atoms with Gasteiger partial charge in [0.05, 0.1) is 21.9 Å². The predicted octanol–water partition coefficient (Wildman–Crippen LogP) is 3.95. The fourth-order valence-corrected chi connectivity index (χ4v) is 4.67. The molecule has 4 rings (SSSR count). The molecule has 2 atom stereocenters.